The first-order chi connectivity index (χ1) is 10.1. The Hall–Kier alpha value is -1.78. The van der Waals surface area contributed by atoms with Gasteiger partial charge in [-0.25, -0.2) is 0 Å². The Bertz CT molecular complexity index is 620. The van der Waals surface area contributed by atoms with Crippen LogP contribution in [0.15, 0.2) is 42.6 Å². The number of carbonyl (C=O) groups is 1. The molecule has 4 nitrogen and oxygen atoms in total. The predicted molar refractivity (Wildman–Crippen MR) is 82.6 cm³/mol. The molecular formula is C15H14Cl2N2O2. The van der Waals surface area contributed by atoms with Gasteiger partial charge in [-0.3, -0.25) is 9.78 Å². The van der Waals surface area contributed by atoms with Crippen LogP contribution in [0.2, 0.25) is 10.0 Å². The van der Waals surface area contributed by atoms with Gasteiger partial charge in [-0.15, -0.1) is 0 Å². The van der Waals surface area contributed by atoms with Crippen LogP contribution in [0.4, 0.5) is 0 Å². The number of hydrogen-bond donors (Lipinski definition) is 1. The number of amides is 1. The Kier molecular flexibility index (Phi) is 5.42. The number of benzene rings is 1. The predicted octanol–water partition coefficient (Wildman–Crippen LogP) is 3.47. The van der Waals surface area contributed by atoms with E-state index < -0.39 is 6.10 Å². The molecule has 2 aromatic rings. The van der Waals surface area contributed by atoms with Crippen LogP contribution in [0, 0.1) is 0 Å². The Labute approximate surface area is 133 Å². The molecule has 1 aromatic heterocycles. The van der Waals surface area contributed by atoms with Gasteiger partial charge < -0.3 is 10.1 Å². The van der Waals surface area contributed by atoms with E-state index in [4.69, 9.17) is 27.9 Å². The van der Waals surface area contributed by atoms with Crippen molar-refractivity contribution in [2.24, 2.45) is 0 Å². The summed E-state index contributed by atoms with van der Waals surface area (Å²) in [4.78, 5) is 16.1. The molecule has 0 aliphatic carbocycles. The van der Waals surface area contributed by atoms with Crippen molar-refractivity contribution in [2.45, 2.75) is 19.6 Å². The van der Waals surface area contributed by atoms with Gasteiger partial charge in [0.25, 0.3) is 5.91 Å². The topological polar surface area (TPSA) is 51.2 Å². The van der Waals surface area contributed by atoms with E-state index in [0.717, 1.165) is 5.69 Å². The molecule has 0 aliphatic rings. The Morgan fingerprint density at radius 3 is 2.81 bits per heavy atom. The molecule has 1 amide bonds. The number of aromatic nitrogens is 1. The number of rotatable bonds is 5. The summed E-state index contributed by atoms with van der Waals surface area (Å²) < 4.78 is 5.53. The molecule has 0 saturated heterocycles. The second-order valence-electron chi connectivity index (χ2n) is 4.37. The highest BCUT2D eigenvalue weighted by atomic mass is 35.5. The third kappa shape index (κ3) is 4.62. The average molecular weight is 325 g/mol. The lowest BCUT2D eigenvalue weighted by Crippen LogP contribution is -2.36. The first-order valence-electron chi connectivity index (χ1n) is 6.35. The monoisotopic (exact) mass is 324 g/mol. The number of nitrogens with zero attached hydrogens (tertiary/aromatic N) is 1. The van der Waals surface area contributed by atoms with Crippen LogP contribution < -0.4 is 10.1 Å². The number of carbonyl (C=O) groups excluding carboxylic acids is 1. The molecule has 0 saturated carbocycles. The molecule has 0 unspecified atom stereocenters. The van der Waals surface area contributed by atoms with E-state index in [2.05, 4.69) is 10.3 Å². The van der Waals surface area contributed by atoms with Gasteiger partial charge in [0.15, 0.2) is 6.10 Å². The van der Waals surface area contributed by atoms with Gasteiger partial charge in [0, 0.05) is 11.2 Å². The van der Waals surface area contributed by atoms with Crippen LogP contribution in [-0.4, -0.2) is 17.0 Å². The van der Waals surface area contributed by atoms with Crippen molar-refractivity contribution in [3.05, 3.63) is 58.3 Å². The Morgan fingerprint density at radius 2 is 2.14 bits per heavy atom. The zero-order valence-electron chi connectivity index (χ0n) is 11.3. The highest BCUT2D eigenvalue weighted by Gasteiger charge is 2.16. The summed E-state index contributed by atoms with van der Waals surface area (Å²) >= 11 is 11.8. The van der Waals surface area contributed by atoms with Gasteiger partial charge in [-0.2, -0.15) is 0 Å². The summed E-state index contributed by atoms with van der Waals surface area (Å²) in [7, 11) is 0. The zero-order chi connectivity index (χ0) is 15.2. The SMILES string of the molecule is C[C@H](Oc1ccc(Cl)cc1Cl)C(=O)NCc1ccccn1. The molecular weight excluding hydrogens is 311 g/mol. The first-order valence-corrected chi connectivity index (χ1v) is 7.11. The summed E-state index contributed by atoms with van der Waals surface area (Å²) in [6.07, 6.45) is 1.00. The molecule has 21 heavy (non-hydrogen) atoms. The van der Waals surface area contributed by atoms with Crippen molar-refractivity contribution < 1.29 is 9.53 Å². The normalized spacial score (nSPS) is 11.8. The van der Waals surface area contributed by atoms with Crippen LogP contribution in [-0.2, 0) is 11.3 Å². The number of pyridine rings is 1. The molecule has 1 N–H and O–H groups in total. The second-order valence-corrected chi connectivity index (χ2v) is 5.22. The third-order valence-electron chi connectivity index (χ3n) is 2.74. The fourth-order valence-corrected chi connectivity index (χ4v) is 2.09. The van der Waals surface area contributed by atoms with E-state index in [1.54, 1.807) is 31.3 Å². The minimum Gasteiger partial charge on any atom is -0.479 e. The minimum absolute atomic E-state index is 0.244. The number of hydrogen-bond acceptors (Lipinski definition) is 3. The minimum atomic E-state index is -0.674. The first kappa shape index (κ1) is 15.6. The average Bonchev–Trinajstić information content (AvgIpc) is 2.48. The van der Waals surface area contributed by atoms with Crippen LogP contribution >= 0.6 is 23.2 Å². The lowest BCUT2D eigenvalue weighted by molar-refractivity contribution is -0.127. The zero-order valence-corrected chi connectivity index (χ0v) is 12.9. The van der Waals surface area contributed by atoms with Crippen molar-refractivity contribution >= 4 is 29.1 Å². The van der Waals surface area contributed by atoms with Gasteiger partial charge in [0.05, 0.1) is 17.3 Å². The van der Waals surface area contributed by atoms with E-state index in [1.165, 1.54) is 0 Å². The molecule has 0 aliphatic heterocycles. The number of nitrogens with one attached hydrogen (secondary N) is 1. The lowest BCUT2D eigenvalue weighted by atomic mass is 10.3. The molecule has 1 aromatic carbocycles. The fraction of sp³-hybridized carbons (Fsp3) is 0.200. The number of ether oxygens (including phenoxy) is 1. The van der Waals surface area contributed by atoms with E-state index in [1.807, 2.05) is 18.2 Å². The fourth-order valence-electron chi connectivity index (χ4n) is 1.64. The molecule has 6 heteroatoms. The highest BCUT2D eigenvalue weighted by Crippen LogP contribution is 2.28. The summed E-state index contributed by atoms with van der Waals surface area (Å²) in [6.45, 7) is 2.00. The van der Waals surface area contributed by atoms with Gasteiger partial charge >= 0.3 is 0 Å². The molecule has 2 rings (SSSR count). The summed E-state index contributed by atoms with van der Waals surface area (Å²) in [6, 6.07) is 10.4. The maximum absolute atomic E-state index is 12.0. The molecule has 1 atom stereocenters. The molecule has 110 valence electrons. The summed E-state index contributed by atoms with van der Waals surface area (Å²) in [5.41, 5.74) is 0.780. The largest absolute Gasteiger partial charge is 0.479 e. The third-order valence-corrected chi connectivity index (χ3v) is 3.27. The second kappa shape index (κ2) is 7.29. The van der Waals surface area contributed by atoms with E-state index in [9.17, 15) is 4.79 Å². The van der Waals surface area contributed by atoms with Gasteiger partial charge in [0.2, 0.25) is 0 Å². The van der Waals surface area contributed by atoms with Gasteiger partial charge in [0.1, 0.15) is 5.75 Å². The molecule has 0 bridgehead atoms. The van der Waals surface area contributed by atoms with E-state index in [-0.39, 0.29) is 5.91 Å². The number of halogens is 2. The van der Waals surface area contributed by atoms with Crippen LogP contribution in [0.25, 0.3) is 0 Å². The Morgan fingerprint density at radius 1 is 1.33 bits per heavy atom. The quantitative estimate of drug-likeness (QED) is 0.916. The van der Waals surface area contributed by atoms with E-state index in [0.29, 0.717) is 22.3 Å². The Balaban J connectivity index is 1.90. The van der Waals surface area contributed by atoms with Crippen molar-refractivity contribution in [3.63, 3.8) is 0 Å². The standard InChI is InChI=1S/C15H14Cl2N2O2/c1-10(21-14-6-5-11(16)8-13(14)17)15(20)19-9-12-4-2-3-7-18-12/h2-8,10H,9H2,1H3,(H,19,20)/t10-/m0/s1. The van der Waals surface area contributed by atoms with E-state index >= 15 is 0 Å². The molecule has 0 spiro atoms. The van der Waals surface area contributed by atoms with Crippen molar-refractivity contribution in [1.29, 1.82) is 0 Å². The highest BCUT2D eigenvalue weighted by molar-refractivity contribution is 6.35. The van der Waals surface area contributed by atoms with Crippen LogP contribution in [0.1, 0.15) is 12.6 Å². The van der Waals surface area contributed by atoms with Gasteiger partial charge in [-0.05, 0) is 37.3 Å². The lowest BCUT2D eigenvalue weighted by Gasteiger charge is -2.15. The molecule has 0 radical (unpaired) electrons. The van der Waals surface area contributed by atoms with Crippen LogP contribution in [0.5, 0.6) is 5.75 Å². The maximum Gasteiger partial charge on any atom is 0.261 e. The van der Waals surface area contributed by atoms with Gasteiger partial charge in [-0.1, -0.05) is 29.3 Å². The van der Waals surface area contributed by atoms with Crippen molar-refractivity contribution in [2.75, 3.05) is 0 Å². The van der Waals surface area contributed by atoms with Crippen LogP contribution in [0.3, 0.4) is 0 Å². The molecule has 0 fully saturated rings. The molecule has 1 heterocycles. The summed E-state index contributed by atoms with van der Waals surface area (Å²) in [5, 5.41) is 3.64. The van der Waals surface area contributed by atoms with Crippen molar-refractivity contribution in [3.8, 4) is 5.75 Å². The maximum atomic E-state index is 12.0. The smallest absolute Gasteiger partial charge is 0.261 e. The summed E-state index contributed by atoms with van der Waals surface area (Å²) in [5.74, 6) is 0.174. The van der Waals surface area contributed by atoms with Crippen molar-refractivity contribution in [1.82, 2.24) is 10.3 Å².